The number of fused-ring (bicyclic) bond motifs is 1. The first-order valence-electron chi connectivity index (χ1n) is 7.98. The van der Waals surface area contributed by atoms with Crippen molar-refractivity contribution in [3.63, 3.8) is 0 Å². The lowest BCUT2D eigenvalue weighted by Gasteiger charge is -2.27. The van der Waals surface area contributed by atoms with Gasteiger partial charge in [-0.3, -0.25) is 0 Å². The number of benzene rings is 1. The average Bonchev–Trinajstić information content (AvgIpc) is 2.99. The van der Waals surface area contributed by atoms with Crippen molar-refractivity contribution in [2.75, 3.05) is 19.8 Å². The highest BCUT2D eigenvalue weighted by Gasteiger charge is 2.25. The van der Waals surface area contributed by atoms with Crippen LogP contribution >= 0.6 is 0 Å². The van der Waals surface area contributed by atoms with Crippen LogP contribution in [0.15, 0.2) is 18.2 Å². The van der Waals surface area contributed by atoms with Crippen LogP contribution in [-0.4, -0.2) is 25.9 Å². The Hall–Kier alpha value is -1.06. The molecule has 2 atom stereocenters. The highest BCUT2D eigenvalue weighted by molar-refractivity contribution is 5.44. The Morgan fingerprint density at radius 3 is 3.05 bits per heavy atom. The molecule has 2 unspecified atom stereocenters. The molecule has 0 saturated carbocycles. The van der Waals surface area contributed by atoms with Gasteiger partial charge in [0.2, 0.25) is 0 Å². The van der Waals surface area contributed by atoms with Crippen LogP contribution in [0.25, 0.3) is 0 Å². The van der Waals surface area contributed by atoms with E-state index in [-0.39, 0.29) is 0 Å². The summed E-state index contributed by atoms with van der Waals surface area (Å²) in [5, 5.41) is 3.62. The van der Waals surface area contributed by atoms with Gasteiger partial charge in [0.15, 0.2) is 0 Å². The minimum absolute atomic E-state index is 0.344. The minimum Gasteiger partial charge on any atom is -0.493 e. The summed E-state index contributed by atoms with van der Waals surface area (Å²) in [6.45, 7) is 4.91. The van der Waals surface area contributed by atoms with E-state index in [9.17, 15) is 0 Å². The Bertz CT molecular complexity index is 441. The molecule has 3 heteroatoms. The fourth-order valence-electron chi connectivity index (χ4n) is 3.35. The summed E-state index contributed by atoms with van der Waals surface area (Å²) in [4.78, 5) is 0. The monoisotopic (exact) mass is 275 g/mol. The minimum atomic E-state index is 0.344. The van der Waals surface area contributed by atoms with Crippen molar-refractivity contribution in [3.05, 3.63) is 29.3 Å². The van der Waals surface area contributed by atoms with E-state index in [1.54, 1.807) is 0 Å². The fraction of sp³-hybridized carbons (Fsp3) is 0.647. The molecule has 0 aliphatic carbocycles. The topological polar surface area (TPSA) is 30.5 Å². The van der Waals surface area contributed by atoms with Crippen molar-refractivity contribution >= 4 is 0 Å². The molecule has 20 heavy (non-hydrogen) atoms. The van der Waals surface area contributed by atoms with E-state index in [1.807, 2.05) is 0 Å². The molecule has 1 aromatic rings. The first-order chi connectivity index (χ1) is 9.88. The maximum absolute atomic E-state index is 5.97. The summed E-state index contributed by atoms with van der Waals surface area (Å²) in [5.74, 6) is 1.13. The first kappa shape index (κ1) is 13.9. The summed E-state index contributed by atoms with van der Waals surface area (Å²) in [5.41, 5.74) is 2.68. The van der Waals surface area contributed by atoms with Gasteiger partial charge in [-0.05, 0) is 44.2 Å². The number of hydrogen-bond donors (Lipinski definition) is 1. The second-order valence-corrected chi connectivity index (χ2v) is 5.77. The molecule has 0 radical (unpaired) electrons. The van der Waals surface area contributed by atoms with Crippen LogP contribution in [-0.2, 0) is 11.2 Å². The van der Waals surface area contributed by atoms with Crippen molar-refractivity contribution in [1.29, 1.82) is 0 Å². The molecule has 3 rings (SSSR count). The van der Waals surface area contributed by atoms with Crippen LogP contribution in [0.1, 0.15) is 49.8 Å². The van der Waals surface area contributed by atoms with Gasteiger partial charge in [0, 0.05) is 18.2 Å². The molecule has 1 saturated heterocycles. The predicted octanol–water partition coefficient (Wildman–Crippen LogP) is 3.23. The van der Waals surface area contributed by atoms with Crippen molar-refractivity contribution in [2.45, 2.75) is 51.2 Å². The number of ether oxygens (including phenoxy) is 2. The van der Waals surface area contributed by atoms with Gasteiger partial charge in [-0.2, -0.15) is 0 Å². The molecule has 0 amide bonds. The van der Waals surface area contributed by atoms with Crippen LogP contribution in [0, 0.1) is 0 Å². The molecule has 1 aromatic carbocycles. The molecular weight excluding hydrogens is 250 g/mol. The summed E-state index contributed by atoms with van der Waals surface area (Å²) in [6, 6.07) is 6.93. The molecule has 3 nitrogen and oxygen atoms in total. The predicted molar refractivity (Wildman–Crippen MR) is 80.3 cm³/mol. The second kappa shape index (κ2) is 6.59. The van der Waals surface area contributed by atoms with Crippen LogP contribution < -0.4 is 10.1 Å². The maximum atomic E-state index is 5.97. The van der Waals surface area contributed by atoms with E-state index in [1.165, 1.54) is 24.0 Å². The Labute approximate surface area is 121 Å². The summed E-state index contributed by atoms with van der Waals surface area (Å²) >= 11 is 0. The Kier molecular flexibility index (Phi) is 4.58. The second-order valence-electron chi connectivity index (χ2n) is 5.77. The maximum Gasteiger partial charge on any atom is 0.127 e. The fourth-order valence-corrected chi connectivity index (χ4v) is 3.35. The van der Waals surface area contributed by atoms with Gasteiger partial charge >= 0.3 is 0 Å². The molecule has 1 N–H and O–H groups in total. The van der Waals surface area contributed by atoms with E-state index < -0.39 is 0 Å². The van der Waals surface area contributed by atoms with E-state index in [0.717, 1.165) is 44.8 Å². The molecule has 0 bridgehead atoms. The van der Waals surface area contributed by atoms with Crippen molar-refractivity contribution < 1.29 is 9.47 Å². The molecule has 1 fully saturated rings. The van der Waals surface area contributed by atoms with Crippen LogP contribution in [0.5, 0.6) is 5.75 Å². The molecule has 2 aliphatic heterocycles. The van der Waals surface area contributed by atoms with Gasteiger partial charge < -0.3 is 14.8 Å². The molecule has 0 aromatic heterocycles. The normalized spacial score (nSPS) is 23.1. The molecule has 2 aliphatic rings. The van der Waals surface area contributed by atoms with E-state index >= 15 is 0 Å². The molecular formula is C17H25NO2. The smallest absolute Gasteiger partial charge is 0.127 e. The van der Waals surface area contributed by atoms with E-state index in [4.69, 9.17) is 9.47 Å². The Morgan fingerprint density at radius 1 is 1.30 bits per heavy atom. The van der Waals surface area contributed by atoms with Gasteiger partial charge in [-0.25, -0.2) is 0 Å². The number of para-hydroxylation sites is 1. The Balaban J connectivity index is 1.82. The van der Waals surface area contributed by atoms with Gasteiger partial charge in [0.05, 0.1) is 12.7 Å². The van der Waals surface area contributed by atoms with Crippen molar-refractivity contribution in [1.82, 2.24) is 5.32 Å². The standard InChI is InChI=1S/C17H25NO2/c1-2-18-16(12-14-8-5-10-19-14)15-9-3-6-13-7-4-11-20-17(13)15/h3,6,9,14,16,18H,2,4-5,7-8,10-12H2,1H3. The molecule has 0 spiro atoms. The Morgan fingerprint density at radius 2 is 2.25 bits per heavy atom. The highest BCUT2D eigenvalue weighted by Crippen LogP contribution is 2.35. The summed E-state index contributed by atoms with van der Waals surface area (Å²) in [7, 11) is 0. The lowest BCUT2D eigenvalue weighted by Crippen LogP contribution is -2.26. The third-order valence-corrected chi connectivity index (χ3v) is 4.31. The highest BCUT2D eigenvalue weighted by atomic mass is 16.5. The number of nitrogens with one attached hydrogen (secondary N) is 1. The zero-order valence-corrected chi connectivity index (χ0v) is 12.4. The van der Waals surface area contributed by atoms with Gasteiger partial charge in [0.1, 0.15) is 5.75 Å². The lowest BCUT2D eigenvalue weighted by molar-refractivity contribution is 0.0943. The van der Waals surface area contributed by atoms with Crippen LogP contribution in [0.3, 0.4) is 0 Å². The van der Waals surface area contributed by atoms with Crippen molar-refractivity contribution in [3.8, 4) is 5.75 Å². The third-order valence-electron chi connectivity index (χ3n) is 4.31. The van der Waals surface area contributed by atoms with E-state index in [0.29, 0.717) is 12.1 Å². The SMILES string of the molecule is CCNC(CC1CCCO1)c1cccc2c1OCCC2. The van der Waals surface area contributed by atoms with Crippen LogP contribution in [0.2, 0.25) is 0 Å². The first-order valence-corrected chi connectivity index (χ1v) is 7.98. The van der Waals surface area contributed by atoms with Gasteiger partial charge in [0.25, 0.3) is 0 Å². The molecule has 110 valence electrons. The quantitative estimate of drug-likeness (QED) is 0.895. The van der Waals surface area contributed by atoms with Crippen molar-refractivity contribution in [2.24, 2.45) is 0 Å². The number of hydrogen-bond acceptors (Lipinski definition) is 3. The van der Waals surface area contributed by atoms with Gasteiger partial charge in [-0.15, -0.1) is 0 Å². The summed E-state index contributed by atoms with van der Waals surface area (Å²) in [6.07, 6.45) is 6.12. The van der Waals surface area contributed by atoms with Crippen LogP contribution in [0.4, 0.5) is 0 Å². The number of aryl methyl sites for hydroxylation is 1. The average molecular weight is 275 g/mol. The van der Waals surface area contributed by atoms with E-state index in [2.05, 4.69) is 30.4 Å². The summed E-state index contributed by atoms with van der Waals surface area (Å²) < 4.78 is 11.8. The lowest BCUT2D eigenvalue weighted by atomic mass is 9.94. The number of rotatable bonds is 5. The van der Waals surface area contributed by atoms with Gasteiger partial charge in [-0.1, -0.05) is 25.1 Å². The zero-order chi connectivity index (χ0) is 13.8. The zero-order valence-electron chi connectivity index (χ0n) is 12.4. The molecule has 2 heterocycles. The third kappa shape index (κ3) is 2.99. The largest absolute Gasteiger partial charge is 0.493 e.